The molecule has 0 saturated heterocycles. The zero-order valence-corrected chi connectivity index (χ0v) is 15.1. The molecular weight excluding hydrogens is 264 g/mol. The molecule has 2 atom stereocenters. The van der Waals surface area contributed by atoms with Gasteiger partial charge >= 0.3 is 18.6 Å². The van der Waals surface area contributed by atoms with Crippen LogP contribution < -0.4 is 0 Å². The molecule has 0 spiro atoms. The van der Waals surface area contributed by atoms with Gasteiger partial charge in [-0.2, -0.15) is 0 Å². The van der Waals surface area contributed by atoms with Gasteiger partial charge in [0.25, 0.3) is 0 Å². The average molecular weight is 295 g/mol. The molecule has 0 rings (SSSR count). The minimum Gasteiger partial charge on any atom is -0.400 e. The average Bonchev–Trinajstić information content (AvgIpc) is 2.30. The van der Waals surface area contributed by atoms with Gasteiger partial charge < -0.3 is 17.7 Å². The molecule has 0 aliphatic heterocycles. The number of hydrogen-bond donors (Lipinski definition) is 0. The molecule has 0 heterocycles. The summed E-state index contributed by atoms with van der Waals surface area (Å²) in [5, 5.41) is 0. The molecule has 0 aromatic heterocycles. The fraction of sp³-hybridized carbons (Fsp3) is 1.00. The predicted octanol–water partition coefficient (Wildman–Crippen LogP) is 2.35. The maximum Gasteiger partial charge on any atom is 0.321 e. The Kier molecular flexibility index (Phi) is 11.3. The van der Waals surface area contributed by atoms with Gasteiger partial charge in [-0.05, 0) is 39.8 Å². The van der Waals surface area contributed by atoms with E-state index in [9.17, 15) is 0 Å². The van der Waals surface area contributed by atoms with E-state index in [0.29, 0.717) is 0 Å². The first-order valence-corrected chi connectivity index (χ1v) is 10.4. The van der Waals surface area contributed by atoms with Crippen LogP contribution in [0.2, 0.25) is 12.1 Å². The molecule has 2 unspecified atom stereocenters. The van der Waals surface area contributed by atoms with Crippen LogP contribution in [0.5, 0.6) is 0 Å². The van der Waals surface area contributed by atoms with Crippen molar-refractivity contribution in [3.05, 3.63) is 0 Å². The Morgan fingerprint density at radius 1 is 0.722 bits per heavy atom. The molecule has 0 bridgehead atoms. The molecule has 0 amide bonds. The molecule has 0 saturated carbocycles. The van der Waals surface area contributed by atoms with Crippen molar-refractivity contribution in [3.8, 4) is 0 Å². The van der Waals surface area contributed by atoms with Crippen molar-refractivity contribution in [2.45, 2.75) is 64.8 Å². The van der Waals surface area contributed by atoms with Crippen LogP contribution in [0.15, 0.2) is 0 Å². The van der Waals surface area contributed by atoms with Gasteiger partial charge in [-0.25, -0.2) is 0 Å². The standard InChI is InChI=1S/C12H30O4Si2/c1-11(2)15-17(13-5)9-7-8-10-18(14-6)16-12(3)4/h11-12,17-18H,7-10H2,1-6H3. The third kappa shape index (κ3) is 10.2. The van der Waals surface area contributed by atoms with Crippen molar-refractivity contribution in [1.82, 2.24) is 0 Å². The fourth-order valence-electron chi connectivity index (χ4n) is 1.71. The van der Waals surface area contributed by atoms with Crippen molar-refractivity contribution in [2.75, 3.05) is 14.2 Å². The van der Waals surface area contributed by atoms with E-state index >= 15 is 0 Å². The Labute approximate surface area is 116 Å². The molecular formula is C12H30O4Si2. The van der Waals surface area contributed by atoms with Gasteiger partial charge in [-0.3, -0.25) is 0 Å². The maximum atomic E-state index is 5.76. The predicted molar refractivity (Wildman–Crippen MR) is 79.6 cm³/mol. The first-order valence-electron chi connectivity index (χ1n) is 6.86. The van der Waals surface area contributed by atoms with Gasteiger partial charge in [0.1, 0.15) is 0 Å². The van der Waals surface area contributed by atoms with Gasteiger partial charge in [-0.15, -0.1) is 0 Å². The van der Waals surface area contributed by atoms with Crippen LogP contribution >= 0.6 is 0 Å². The quantitative estimate of drug-likeness (QED) is 0.433. The summed E-state index contributed by atoms with van der Waals surface area (Å²) in [6.07, 6.45) is 2.83. The molecule has 0 fully saturated rings. The molecule has 18 heavy (non-hydrogen) atoms. The van der Waals surface area contributed by atoms with E-state index in [1.165, 1.54) is 0 Å². The number of hydrogen-bond acceptors (Lipinski definition) is 4. The summed E-state index contributed by atoms with van der Waals surface area (Å²) >= 11 is 0. The maximum absolute atomic E-state index is 5.76. The smallest absolute Gasteiger partial charge is 0.321 e. The lowest BCUT2D eigenvalue weighted by Crippen LogP contribution is -2.26. The molecule has 6 heteroatoms. The zero-order chi connectivity index (χ0) is 14.0. The van der Waals surface area contributed by atoms with Gasteiger partial charge in [0.15, 0.2) is 0 Å². The Bertz CT molecular complexity index is 171. The van der Waals surface area contributed by atoms with E-state index in [0.717, 1.165) is 24.9 Å². The van der Waals surface area contributed by atoms with E-state index < -0.39 is 18.6 Å². The summed E-state index contributed by atoms with van der Waals surface area (Å²) in [5.74, 6) is 0. The topological polar surface area (TPSA) is 36.9 Å². The summed E-state index contributed by atoms with van der Waals surface area (Å²) in [6.45, 7) is 8.24. The van der Waals surface area contributed by atoms with E-state index in [2.05, 4.69) is 27.7 Å². The summed E-state index contributed by atoms with van der Waals surface area (Å²) < 4.78 is 22.4. The van der Waals surface area contributed by atoms with E-state index in [1.807, 2.05) is 0 Å². The van der Waals surface area contributed by atoms with E-state index in [4.69, 9.17) is 17.7 Å². The van der Waals surface area contributed by atoms with Crippen LogP contribution in [0.25, 0.3) is 0 Å². The van der Waals surface area contributed by atoms with Crippen LogP contribution in [0.4, 0.5) is 0 Å². The highest BCUT2D eigenvalue weighted by Crippen LogP contribution is 2.11. The first kappa shape index (κ1) is 18.3. The highest BCUT2D eigenvalue weighted by atomic mass is 28.3. The SMILES string of the molecule is CO[SiH](CCCC[SiH](OC)OC(C)C)OC(C)C. The summed E-state index contributed by atoms with van der Waals surface area (Å²) in [7, 11) is 0.640. The van der Waals surface area contributed by atoms with Gasteiger partial charge in [0.05, 0.1) is 0 Å². The van der Waals surface area contributed by atoms with Crippen molar-refractivity contribution in [3.63, 3.8) is 0 Å². The lowest BCUT2D eigenvalue weighted by molar-refractivity contribution is 0.175. The van der Waals surface area contributed by atoms with Crippen LogP contribution in [0.3, 0.4) is 0 Å². The van der Waals surface area contributed by atoms with Crippen molar-refractivity contribution in [2.24, 2.45) is 0 Å². The summed E-state index contributed by atoms with van der Waals surface area (Å²) in [6, 6.07) is 2.14. The van der Waals surface area contributed by atoms with Gasteiger partial charge in [-0.1, -0.05) is 12.8 Å². The van der Waals surface area contributed by atoms with E-state index in [1.54, 1.807) is 14.2 Å². The van der Waals surface area contributed by atoms with Crippen LogP contribution in [0, 0.1) is 0 Å². The first-order chi connectivity index (χ1) is 8.49. The van der Waals surface area contributed by atoms with Crippen molar-refractivity contribution < 1.29 is 17.7 Å². The monoisotopic (exact) mass is 294 g/mol. The number of rotatable bonds is 11. The second-order valence-electron chi connectivity index (χ2n) is 4.98. The highest BCUT2D eigenvalue weighted by Gasteiger charge is 2.16. The van der Waals surface area contributed by atoms with Gasteiger partial charge in [0.2, 0.25) is 0 Å². The zero-order valence-electron chi connectivity index (χ0n) is 12.8. The lowest BCUT2D eigenvalue weighted by Gasteiger charge is -2.18. The Morgan fingerprint density at radius 3 is 1.28 bits per heavy atom. The van der Waals surface area contributed by atoms with Crippen LogP contribution in [-0.2, 0) is 17.7 Å². The molecule has 0 aliphatic rings. The van der Waals surface area contributed by atoms with Crippen molar-refractivity contribution >= 4 is 18.6 Å². The highest BCUT2D eigenvalue weighted by molar-refractivity contribution is 6.45. The molecule has 110 valence electrons. The molecule has 0 aliphatic carbocycles. The van der Waals surface area contributed by atoms with Gasteiger partial charge in [0, 0.05) is 26.4 Å². The molecule has 0 radical (unpaired) electrons. The Balaban J connectivity index is 3.68. The fourth-order valence-corrected chi connectivity index (χ4v) is 5.14. The van der Waals surface area contributed by atoms with Crippen LogP contribution in [-0.4, -0.2) is 45.0 Å². The normalized spacial score (nSPS) is 15.3. The molecule has 0 aromatic rings. The molecule has 4 nitrogen and oxygen atoms in total. The minimum atomic E-state index is -1.44. The molecule has 0 aromatic carbocycles. The lowest BCUT2D eigenvalue weighted by atomic mass is 10.4. The largest absolute Gasteiger partial charge is 0.400 e. The van der Waals surface area contributed by atoms with Crippen molar-refractivity contribution in [1.29, 1.82) is 0 Å². The Hall–Kier alpha value is 0.274. The summed E-state index contributed by atoms with van der Waals surface area (Å²) in [5.41, 5.74) is 0. The van der Waals surface area contributed by atoms with Crippen LogP contribution in [0.1, 0.15) is 40.5 Å². The Morgan fingerprint density at radius 2 is 1.06 bits per heavy atom. The second kappa shape index (κ2) is 11.1. The minimum absolute atomic E-state index is 0.270. The van der Waals surface area contributed by atoms with E-state index in [-0.39, 0.29) is 12.2 Å². The molecule has 0 N–H and O–H groups in total. The third-order valence-corrected chi connectivity index (χ3v) is 7.01. The second-order valence-corrected chi connectivity index (χ2v) is 9.34. The number of unbranched alkanes of at least 4 members (excludes halogenated alkanes) is 1. The summed E-state index contributed by atoms with van der Waals surface area (Å²) in [4.78, 5) is 0. The third-order valence-electron chi connectivity index (χ3n) is 2.50.